The molecule has 68 heavy (non-hydrogen) atoms. The molecule has 0 spiro atoms. The number of aliphatic imine (C=N–C) groups is 1. The number of carbonyl (C=O) groups is 6. The second-order valence-corrected chi connectivity index (χ2v) is 17.3. The van der Waals surface area contributed by atoms with Crippen LogP contribution in [-0.4, -0.2) is 161 Å². The Kier molecular flexibility index (Phi) is 20.0. The summed E-state index contributed by atoms with van der Waals surface area (Å²) in [4.78, 5) is 98.2. The largest absolute Gasteiger partial charge is 0.497 e. The van der Waals surface area contributed by atoms with E-state index >= 15 is 0 Å². The molecule has 3 aromatic rings. The zero-order valence-electron chi connectivity index (χ0n) is 39.5. The molecule has 7 atom stereocenters. The highest BCUT2D eigenvalue weighted by molar-refractivity contribution is 5.94. The summed E-state index contributed by atoms with van der Waals surface area (Å²) in [5.41, 5.74) is 11.3. The van der Waals surface area contributed by atoms with Gasteiger partial charge in [-0.3, -0.25) is 33.5 Å². The number of amides is 6. The summed E-state index contributed by atoms with van der Waals surface area (Å²) in [6.07, 6.45) is -0.678. The van der Waals surface area contributed by atoms with Crippen LogP contribution in [0.15, 0.2) is 41.9 Å². The molecule has 1 aliphatic rings. The molecule has 4 rings (SSSR count). The summed E-state index contributed by atoms with van der Waals surface area (Å²) in [6.45, 7) is 5.58. The number of rotatable bonds is 24. The van der Waals surface area contributed by atoms with Crippen molar-refractivity contribution in [2.75, 3.05) is 52.3 Å². The Labute approximate surface area is 393 Å². The van der Waals surface area contributed by atoms with E-state index in [0.29, 0.717) is 47.7 Å². The molecule has 0 bridgehead atoms. The maximum atomic E-state index is 14.3. The van der Waals surface area contributed by atoms with Crippen molar-refractivity contribution in [3.05, 3.63) is 42.5 Å². The molecule has 0 saturated carbocycles. The van der Waals surface area contributed by atoms with Gasteiger partial charge in [0.2, 0.25) is 29.5 Å². The third-order valence-corrected chi connectivity index (χ3v) is 10.5. The summed E-state index contributed by atoms with van der Waals surface area (Å²) in [7, 11) is 5.07. The Morgan fingerprint density at radius 2 is 1.60 bits per heavy atom. The number of guanidine groups is 1. The number of benzene rings is 1. The maximum Gasteiger partial charge on any atom is 0.408 e. The number of unbranched alkanes of at least 4 members (excludes halogenated alkanes) is 1. The molecule has 1 aromatic carbocycles. The number of nitrogens with zero attached hydrogens (tertiary/aromatic N) is 6. The predicted molar refractivity (Wildman–Crippen MR) is 248 cm³/mol. The first-order chi connectivity index (χ1) is 32.2. The van der Waals surface area contributed by atoms with Crippen LogP contribution in [0.1, 0.15) is 71.6 Å². The van der Waals surface area contributed by atoms with Crippen molar-refractivity contribution in [3.8, 4) is 5.75 Å². The molecule has 25 heteroatoms. The molecule has 6 amide bonds. The van der Waals surface area contributed by atoms with Crippen LogP contribution in [0.4, 0.5) is 10.6 Å². The van der Waals surface area contributed by atoms with Crippen LogP contribution in [0.3, 0.4) is 0 Å². The van der Waals surface area contributed by atoms with Gasteiger partial charge in [-0.1, -0.05) is 12.1 Å². The number of alkyl carbamates (subject to hydrolysis) is 1. The fourth-order valence-corrected chi connectivity index (χ4v) is 7.17. The van der Waals surface area contributed by atoms with Crippen LogP contribution in [0.2, 0.25) is 0 Å². The van der Waals surface area contributed by atoms with Crippen molar-refractivity contribution in [3.63, 3.8) is 0 Å². The number of hydrogen-bond acceptors (Lipinski definition) is 16. The van der Waals surface area contributed by atoms with E-state index < -0.39 is 91.1 Å². The number of nitrogens with two attached hydrogens (primary N) is 2. The van der Waals surface area contributed by atoms with Gasteiger partial charge in [0.25, 0.3) is 0 Å². The maximum absolute atomic E-state index is 14.3. The fraction of sp³-hybridized carbons (Fsp3) is 0.581. The van der Waals surface area contributed by atoms with Crippen molar-refractivity contribution in [1.82, 2.24) is 51.4 Å². The lowest BCUT2D eigenvalue weighted by molar-refractivity contribution is -0.133. The molecular weight excluding hydrogens is 889 g/mol. The van der Waals surface area contributed by atoms with E-state index in [2.05, 4.69) is 51.8 Å². The number of aliphatic hydroxyl groups excluding tert-OH is 2. The lowest BCUT2D eigenvalue weighted by atomic mass is 10.0. The van der Waals surface area contributed by atoms with Gasteiger partial charge in [-0.15, -0.1) is 0 Å². The minimum atomic E-state index is -1.44. The highest BCUT2D eigenvalue weighted by Crippen LogP contribution is 2.33. The van der Waals surface area contributed by atoms with Gasteiger partial charge < -0.3 is 72.7 Å². The number of hydrogen-bond donors (Lipinski definition) is 10. The van der Waals surface area contributed by atoms with E-state index in [9.17, 15) is 39.0 Å². The van der Waals surface area contributed by atoms with E-state index in [4.69, 9.17) is 25.7 Å². The smallest absolute Gasteiger partial charge is 0.408 e. The molecule has 2 aromatic heterocycles. The first-order valence-electron chi connectivity index (χ1n) is 22.1. The summed E-state index contributed by atoms with van der Waals surface area (Å²) in [5, 5.41) is 37.9. The quantitative estimate of drug-likeness (QED) is 0.0269. The minimum Gasteiger partial charge on any atom is -0.497 e. The van der Waals surface area contributed by atoms with Gasteiger partial charge in [-0.25, -0.2) is 19.7 Å². The monoisotopic (exact) mass is 955 g/mol. The molecule has 1 saturated heterocycles. The summed E-state index contributed by atoms with van der Waals surface area (Å²) >= 11 is 0. The van der Waals surface area contributed by atoms with E-state index in [1.54, 1.807) is 64.0 Å². The Morgan fingerprint density at radius 3 is 2.24 bits per heavy atom. The number of aromatic nitrogens is 4. The first-order valence-corrected chi connectivity index (χ1v) is 22.1. The average Bonchev–Trinajstić information content (AvgIpc) is 3.84. The van der Waals surface area contributed by atoms with Crippen LogP contribution >= 0.6 is 0 Å². The third-order valence-electron chi connectivity index (χ3n) is 10.5. The van der Waals surface area contributed by atoms with E-state index in [0.717, 1.165) is 0 Å². The molecule has 374 valence electrons. The second kappa shape index (κ2) is 25.3. The number of anilines is 1. The number of fused-ring (bicyclic) bond motifs is 1. The van der Waals surface area contributed by atoms with Crippen molar-refractivity contribution in [2.45, 2.75) is 114 Å². The molecular formula is C43H66N14O11. The Balaban J connectivity index is 1.54. The SMILES string of the molecule is COc1ccc(CC(NC(=O)C(CCCCNC(C)=O)NC(=O)CNC(=O)C(CCCN=C(N)N)NC(=O)OC(C)(C)C)C(=O)N[C@H]2[C@@H](O)[C@H](n3cnc4c(N(C)C)ncnc43)O[C@@H]2CO)cc1. The molecule has 1 fully saturated rings. The lowest BCUT2D eigenvalue weighted by Gasteiger charge is -2.27. The molecule has 25 nitrogen and oxygen atoms in total. The van der Waals surface area contributed by atoms with Crippen molar-refractivity contribution >= 4 is 58.6 Å². The standard InChI is InChI=1S/C43H66N14O11/c1-24(59)46-17-9-8-11-28(52-31(60)20-48-37(62)27(12-10-18-47-41(44)45)54-42(65)68-43(2,3)4)38(63)53-29(19-25-13-15-26(66-7)16-14-25)39(64)55-32-30(21-58)67-40(34(32)61)57-23-51-33-35(56(5)6)49-22-50-36(33)57/h13-16,22-23,27-30,32,34,40,58,61H,8-12,17-21H2,1-7H3,(H,46,59)(H,48,62)(H,52,60)(H,53,63)(H,54,65)(H,55,64)(H4,44,45,47)/t27?,28?,29?,30-,32-,34-,40-/m1/s1. The Bertz CT molecular complexity index is 2210. The number of nitrogens with one attached hydrogen (secondary N) is 6. The van der Waals surface area contributed by atoms with Crippen molar-refractivity contribution < 1.29 is 53.2 Å². The third kappa shape index (κ3) is 16.2. The zero-order chi connectivity index (χ0) is 50.1. The average molecular weight is 955 g/mol. The van der Waals surface area contributed by atoms with Crippen LogP contribution < -0.4 is 53.0 Å². The van der Waals surface area contributed by atoms with Crippen molar-refractivity contribution in [1.29, 1.82) is 0 Å². The molecule has 1 aliphatic heterocycles. The first kappa shape index (κ1) is 53.8. The highest BCUT2D eigenvalue weighted by Gasteiger charge is 2.46. The molecule has 12 N–H and O–H groups in total. The van der Waals surface area contributed by atoms with Gasteiger partial charge in [0.1, 0.15) is 48.0 Å². The Hall–Kier alpha value is -6.86. The number of aliphatic hydroxyl groups is 2. The summed E-state index contributed by atoms with van der Waals surface area (Å²) in [5.74, 6) is -2.34. The van der Waals surface area contributed by atoms with Gasteiger partial charge in [-0.2, -0.15) is 0 Å². The zero-order valence-corrected chi connectivity index (χ0v) is 39.5. The molecule has 0 aliphatic carbocycles. The topological polar surface area (TPSA) is 354 Å². The van der Waals surface area contributed by atoms with Crippen LogP contribution in [0.5, 0.6) is 5.75 Å². The highest BCUT2D eigenvalue weighted by atomic mass is 16.6. The molecule has 3 unspecified atom stereocenters. The van der Waals surface area contributed by atoms with E-state index in [1.807, 2.05) is 0 Å². The van der Waals surface area contributed by atoms with Crippen molar-refractivity contribution in [2.24, 2.45) is 16.5 Å². The number of imidazole rings is 1. The number of carbonyl (C=O) groups excluding carboxylic acids is 6. The fourth-order valence-electron chi connectivity index (χ4n) is 7.17. The van der Waals surface area contributed by atoms with Gasteiger partial charge in [0.15, 0.2) is 29.2 Å². The van der Waals surface area contributed by atoms with E-state index in [-0.39, 0.29) is 44.1 Å². The molecule has 3 heterocycles. The number of methoxy groups -OCH3 is 1. The predicted octanol–water partition coefficient (Wildman–Crippen LogP) is -1.78. The van der Waals surface area contributed by atoms with Crippen LogP contribution in [-0.2, 0) is 39.9 Å². The lowest BCUT2D eigenvalue weighted by Crippen LogP contribution is -2.58. The van der Waals surface area contributed by atoms with Crippen LogP contribution in [0, 0.1) is 0 Å². The summed E-state index contributed by atoms with van der Waals surface area (Å²) in [6, 6.07) is 1.86. The normalized spacial score (nSPS) is 18.0. The minimum absolute atomic E-state index is 0.0526. The van der Waals surface area contributed by atoms with Crippen LogP contribution in [0.25, 0.3) is 11.2 Å². The van der Waals surface area contributed by atoms with Gasteiger partial charge in [-0.05, 0) is 70.6 Å². The number of ether oxygens (including phenoxy) is 3. The van der Waals surface area contributed by atoms with E-state index in [1.165, 1.54) is 31.3 Å². The van der Waals surface area contributed by atoms with Gasteiger partial charge >= 0.3 is 6.09 Å². The second-order valence-electron chi connectivity index (χ2n) is 17.3. The summed E-state index contributed by atoms with van der Waals surface area (Å²) < 4.78 is 18.1. The van der Waals surface area contributed by atoms with Gasteiger partial charge in [0.05, 0.1) is 32.6 Å². The molecule has 0 radical (unpaired) electrons. The van der Waals surface area contributed by atoms with Gasteiger partial charge in [0, 0.05) is 40.5 Å². The Morgan fingerprint density at radius 1 is 0.912 bits per heavy atom.